The summed E-state index contributed by atoms with van der Waals surface area (Å²) in [5.41, 5.74) is 4.87. The maximum absolute atomic E-state index is 11.6. The number of hydrogen-bond donors (Lipinski definition) is 1. The Morgan fingerprint density at radius 3 is 2.55 bits per heavy atom. The van der Waals surface area contributed by atoms with Crippen LogP contribution in [0.2, 0.25) is 0 Å². The van der Waals surface area contributed by atoms with Gasteiger partial charge < -0.3 is 9.67 Å². The molecule has 1 heterocycles. The summed E-state index contributed by atoms with van der Waals surface area (Å²) in [5, 5.41) is 10.6. The fourth-order valence-electron chi connectivity index (χ4n) is 2.89. The summed E-state index contributed by atoms with van der Waals surface area (Å²) in [6, 6.07) is 3.98. The first-order valence-electron chi connectivity index (χ1n) is 7.35. The van der Waals surface area contributed by atoms with E-state index in [1.54, 1.807) is 0 Å². The number of unbranched alkanes of at least 4 members (excludes halogenated alkanes) is 1. The number of carbonyl (C=O) groups is 1. The maximum Gasteiger partial charge on any atom is 0.337 e. The average molecular weight is 273 g/mol. The molecular weight excluding hydrogens is 250 g/mol. The largest absolute Gasteiger partial charge is 0.478 e. The van der Waals surface area contributed by atoms with Crippen molar-refractivity contribution in [3.63, 3.8) is 0 Å². The van der Waals surface area contributed by atoms with Gasteiger partial charge in [-0.1, -0.05) is 20.3 Å². The third-order valence-electron chi connectivity index (χ3n) is 4.19. The van der Waals surface area contributed by atoms with Crippen molar-refractivity contribution in [3.8, 4) is 0 Å². The number of rotatable bonds is 5. The van der Waals surface area contributed by atoms with E-state index in [0.29, 0.717) is 5.56 Å². The molecule has 0 saturated carbocycles. The maximum atomic E-state index is 11.6. The molecule has 0 bridgehead atoms. The summed E-state index contributed by atoms with van der Waals surface area (Å²) in [5.74, 6) is -0.840. The van der Waals surface area contributed by atoms with Crippen LogP contribution in [0.5, 0.6) is 0 Å². The summed E-state index contributed by atoms with van der Waals surface area (Å²) < 4.78 is 2.03. The summed E-state index contributed by atoms with van der Waals surface area (Å²) in [6.45, 7) is 6.33. The second-order valence-electron chi connectivity index (χ2n) is 5.42. The highest BCUT2D eigenvalue weighted by molar-refractivity contribution is 6.04. The molecule has 0 fully saturated rings. The first kappa shape index (κ1) is 14.6. The predicted octanol–water partition coefficient (Wildman–Crippen LogP) is 4.09. The molecule has 0 atom stereocenters. The van der Waals surface area contributed by atoms with E-state index in [1.807, 2.05) is 17.7 Å². The summed E-state index contributed by atoms with van der Waals surface area (Å²) in [6.07, 6.45) is 4.16. The van der Waals surface area contributed by atoms with Crippen LogP contribution >= 0.6 is 0 Å². The van der Waals surface area contributed by atoms with E-state index in [4.69, 9.17) is 0 Å². The van der Waals surface area contributed by atoms with Gasteiger partial charge in [-0.25, -0.2) is 4.79 Å². The molecule has 0 saturated heterocycles. The fourth-order valence-corrected chi connectivity index (χ4v) is 2.89. The molecule has 1 aromatic carbocycles. The Morgan fingerprint density at radius 1 is 1.30 bits per heavy atom. The predicted molar refractivity (Wildman–Crippen MR) is 82.6 cm³/mol. The van der Waals surface area contributed by atoms with Crippen LogP contribution in [0, 0.1) is 6.92 Å². The SMILES string of the molecule is CCCCc1c(C)n(C)c2c(C(=O)O)cc(CC)cc12. The van der Waals surface area contributed by atoms with Crippen LogP contribution in [0.15, 0.2) is 12.1 Å². The smallest absolute Gasteiger partial charge is 0.337 e. The van der Waals surface area contributed by atoms with Gasteiger partial charge >= 0.3 is 5.97 Å². The van der Waals surface area contributed by atoms with Crippen molar-refractivity contribution in [2.24, 2.45) is 7.05 Å². The quantitative estimate of drug-likeness (QED) is 0.891. The number of aromatic carboxylic acids is 1. The summed E-state index contributed by atoms with van der Waals surface area (Å²) in [4.78, 5) is 11.6. The normalized spacial score (nSPS) is 11.2. The van der Waals surface area contributed by atoms with Crippen molar-refractivity contribution in [2.75, 3.05) is 0 Å². The lowest BCUT2D eigenvalue weighted by Crippen LogP contribution is -2.02. The van der Waals surface area contributed by atoms with Gasteiger partial charge in [0.1, 0.15) is 0 Å². The Balaban J connectivity index is 2.78. The topological polar surface area (TPSA) is 42.2 Å². The van der Waals surface area contributed by atoms with Crippen molar-refractivity contribution in [3.05, 3.63) is 34.5 Å². The zero-order valence-corrected chi connectivity index (χ0v) is 12.8. The second-order valence-corrected chi connectivity index (χ2v) is 5.42. The standard InChI is InChI=1S/C17H23NO2/c1-5-7-8-13-11(3)18(4)16-14(13)9-12(6-2)10-15(16)17(19)20/h9-10H,5-8H2,1-4H3,(H,19,20). The number of aromatic nitrogens is 1. The Labute approximate surface area is 120 Å². The van der Waals surface area contributed by atoms with E-state index in [1.165, 1.54) is 11.3 Å². The zero-order valence-electron chi connectivity index (χ0n) is 12.8. The highest BCUT2D eigenvalue weighted by Gasteiger charge is 2.18. The molecule has 3 heteroatoms. The number of fused-ring (bicyclic) bond motifs is 1. The van der Waals surface area contributed by atoms with Crippen molar-refractivity contribution >= 4 is 16.9 Å². The minimum absolute atomic E-state index is 0.424. The summed E-state index contributed by atoms with van der Waals surface area (Å²) >= 11 is 0. The number of hydrogen-bond acceptors (Lipinski definition) is 1. The number of carboxylic acid groups (broad SMARTS) is 1. The van der Waals surface area contributed by atoms with Gasteiger partial charge in [0.05, 0.1) is 11.1 Å². The molecule has 0 aliphatic heterocycles. The number of aryl methyl sites for hydroxylation is 3. The zero-order chi connectivity index (χ0) is 14.9. The first-order chi connectivity index (χ1) is 9.51. The number of carboxylic acids is 1. The molecule has 3 nitrogen and oxygen atoms in total. The van der Waals surface area contributed by atoms with E-state index in [9.17, 15) is 9.90 Å². The molecule has 1 aromatic heterocycles. The van der Waals surface area contributed by atoms with Gasteiger partial charge in [0.25, 0.3) is 0 Å². The molecule has 0 aliphatic rings. The first-order valence-corrected chi connectivity index (χ1v) is 7.35. The van der Waals surface area contributed by atoms with Crippen LogP contribution in [-0.2, 0) is 19.9 Å². The van der Waals surface area contributed by atoms with E-state index < -0.39 is 5.97 Å². The van der Waals surface area contributed by atoms with Crippen LogP contribution in [0.4, 0.5) is 0 Å². The van der Waals surface area contributed by atoms with E-state index in [2.05, 4.69) is 26.8 Å². The van der Waals surface area contributed by atoms with Gasteiger partial charge in [-0.15, -0.1) is 0 Å². The van der Waals surface area contributed by atoms with Crippen molar-refractivity contribution in [1.82, 2.24) is 4.57 Å². The Kier molecular flexibility index (Phi) is 4.17. The van der Waals surface area contributed by atoms with E-state index in [-0.39, 0.29) is 0 Å². The molecule has 0 radical (unpaired) electrons. The Bertz CT molecular complexity index is 653. The molecule has 0 aliphatic carbocycles. The van der Waals surface area contributed by atoms with Crippen LogP contribution < -0.4 is 0 Å². The third-order valence-corrected chi connectivity index (χ3v) is 4.19. The van der Waals surface area contributed by atoms with Crippen molar-refractivity contribution in [2.45, 2.75) is 46.5 Å². The Morgan fingerprint density at radius 2 is 2.00 bits per heavy atom. The summed E-state index contributed by atoms with van der Waals surface area (Å²) in [7, 11) is 1.96. The van der Waals surface area contributed by atoms with E-state index in [0.717, 1.165) is 42.1 Å². The number of benzene rings is 1. The van der Waals surface area contributed by atoms with Gasteiger partial charge in [-0.05, 0) is 49.4 Å². The van der Waals surface area contributed by atoms with Gasteiger partial charge in [-0.2, -0.15) is 0 Å². The molecule has 2 aromatic rings. The van der Waals surface area contributed by atoms with Crippen LogP contribution in [0.25, 0.3) is 10.9 Å². The van der Waals surface area contributed by atoms with Gasteiger partial charge in [0, 0.05) is 18.1 Å². The van der Waals surface area contributed by atoms with Gasteiger partial charge in [-0.3, -0.25) is 0 Å². The Hall–Kier alpha value is -1.77. The monoisotopic (exact) mass is 273 g/mol. The molecule has 1 N–H and O–H groups in total. The van der Waals surface area contributed by atoms with Gasteiger partial charge in [0.15, 0.2) is 0 Å². The fraction of sp³-hybridized carbons (Fsp3) is 0.471. The molecule has 2 rings (SSSR count). The second kappa shape index (κ2) is 5.70. The lowest BCUT2D eigenvalue weighted by molar-refractivity contribution is 0.0698. The number of nitrogens with zero attached hydrogens (tertiary/aromatic N) is 1. The molecule has 108 valence electrons. The lowest BCUT2D eigenvalue weighted by Gasteiger charge is -2.06. The van der Waals surface area contributed by atoms with Crippen LogP contribution in [0.1, 0.15) is 53.9 Å². The molecule has 0 amide bonds. The highest BCUT2D eigenvalue weighted by atomic mass is 16.4. The average Bonchev–Trinajstić information content (AvgIpc) is 2.68. The lowest BCUT2D eigenvalue weighted by atomic mass is 9.99. The van der Waals surface area contributed by atoms with Crippen LogP contribution in [0.3, 0.4) is 0 Å². The molecule has 0 spiro atoms. The highest BCUT2D eigenvalue weighted by Crippen LogP contribution is 2.30. The molecule has 0 unspecified atom stereocenters. The third kappa shape index (κ3) is 2.33. The van der Waals surface area contributed by atoms with Gasteiger partial charge in [0.2, 0.25) is 0 Å². The van der Waals surface area contributed by atoms with Crippen molar-refractivity contribution < 1.29 is 9.90 Å². The molecular formula is C17H23NO2. The molecule has 20 heavy (non-hydrogen) atoms. The van der Waals surface area contributed by atoms with Crippen molar-refractivity contribution in [1.29, 1.82) is 0 Å². The van der Waals surface area contributed by atoms with Crippen LogP contribution in [-0.4, -0.2) is 15.6 Å². The minimum Gasteiger partial charge on any atom is -0.478 e. The minimum atomic E-state index is -0.840. The van der Waals surface area contributed by atoms with E-state index >= 15 is 0 Å².